The maximum absolute atomic E-state index is 12.6. The van der Waals surface area contributed by atoms with E-state index >= 15 is 0 Å². The lowest BCUT2D eigenvalue weighted by molar-refractivity contribution is -0.364. The molecule has 1 aliphatic rings. The van der Waals surface area contributed by atoms with Crippen LogP contribution in [-0.4, -0.2) is 19.0 Å². The Hall–Kier alpha value is -2.07. The molecule has 2 heterocycles. The van der Waals surface area contributed by atoms with Crippen LogP contribution in [0.2, 0.25) is 5.02 Å². The van der Waals surface area contributed by atoms with Gasteiger partial charge in [-0.05, 0) is 55.7 Å². The van der Waals surface area contributed by atoms with Crippen LogP contribution in [0, 0.1) is 0 Å². The molecule has 22 heavy (non-hydrogen) atoms. The smallest absolute Gasteiger partial charge is 0.287 e. The van der Waals surface area contributed by atoms with E-state index in [2.05, 4.69) is 15.2 Å². The molecule has 4 nitrogen and oxygen atoms in total. The lowest BCUT2D eigenvalue weighted by atomic mass is 10.1. The largest absolute Gasteiger partial charge is 0.322 e. The third-order valence-electron chi connectivity index (χ3n) is 3.85. The number of carbonyl (C=O) groups is 1. The fourth-order valence-electron chi connectivity index (χ4n) is 2.72. The molecule has 114 valence electrons. The number of hydrogen-bond acceptors (Lipinski definition) is 2. The average Bonchev–Trinajstić information content (AvgIpc) is 2.58. The lowest BCUT2D eigenvalue weighted by Crippen LogP contribution is -2.36. The number of pyridine rings is 1. The molecule has 1 fully saturated rings. The minimum atomic E-state index is -0.111. The molecule has 1 aromatic heterocycles. The summed E-state index contributed by atoms with van der Waals surface area (Å²) in [6, 6.07) is 10.8. The Bertz CT molecular complexity index is 651. The van der Waals surface area contributed by atoms with Gasteiger partial charge in [-0.1, -0.05) is 11.6 Å². The number of benzene rings is 1. The summed E-state index contributed by atoms with van der Waals surface area (Å²) in [5.74, 6) is 0.786. The number of carbonyl (C=O) groups excluding carboxylic acids is 1. The van der Waals surface area contributed by atoms with E-state index in [1.54, 1.807) is 24.3 Å². The molecule has 0 saturated carbocycles. The van der Waals surface area contributed by atoms with Gasteiger partial charge in [-0.3, -0.25) is 9.69 Å². The number of anilines is 2. The van der Waals surface area contributed by atoms with Crippen molar-refractivity contribution in [1.82, 2.24) is 0 Å². The van der Waals surface area contributed by atoms with Gasteiger partial charge in [0.1, 0.15) is 5.56 Å². The molecule has 5 heteroatoms. The molecule has 1 amide bonds. The van der Waals surface area contributed by atoms with Crippen molar-refractivity contribution in [2.24, 2.45) is 0 Å². The minimum Gasteiger partial charge on any atom is -0.322 e. The predicted molar refractivity (Wildman–Crippen MR) is 88.5 cm³/mol. The van der Waals surface area contributed by atoms with Crippen LogP contribution in [0.5, 0.6) is 0 Å². The van der Waals surface area contributed by atoms with Crippen LogP contribution in [0.15, 0.2) is 42.6 Å². The number of rotatable bonds is 3. The number of piperidine rings is 1. The molecule has 2 aromatic rings. The molecule has 0 spiro atoms. The molecule has 2 N–H and O–H groups in total. The van der Waals surface area contributed by atoms with Crippen LogP contribution < -0.4 is 15.2 Å². The average molecular weight is 317 g/mol. The molecule has 0 radical (unpaired) electrons. The van der Waals surface area contributed by atoms with Crippen molar-refractivity contribution < 1.29 is 9.78 Å². The highest BCUT2D eigenvalue weighted by Crippen LogP contribution is 2.21. The second kappa shape index (κ2) is 6.79. The molecular formula is C17H19ClN3O+. The number of nitrogens with one attached hydrogen (secondary N) is 2. The highest BCUT2D eigenvalue weighted by atomic mass is 35.5. The topological polar surface area (TPSA) is 46.5 Å². The Morgan fingerprint density at radius 1 is 1.09 bits per heavy atom. The predicted octanol–water partition coefficient (Wildman–Crippen LogP) is 3.40. The van der Waals surface area contributed by atoms with E-state index in [4.69, 9.17) is 11.6 Å². The van der Waals surface area contributed by atoms with Crippen LogP contribution >= 0.6 is 11.6 Å². The zero-order valence-corrected chi connectivity index (χ0v) is 13.1. The van der Waals surface area contributed by atoms with Gasteiger partial charge in [-0.15, -0.1) is 0 Å². The molecule has 1 aromatic carbocycles. The highest BCUT2D eigenvalue weighted by Gasteiger charge is 2.25. The van der Waals surface area contributed by atoms with Gasteiger partial charge in [-0.25, -0.2) is 4.98 Å². The normalized spacial score (nSPS) is 14.7. The number of aromatic nitrogens is 1. The highest BCUT2D eigenvalue weighted by molar-refractivity contribution is 6.30. The first-order chi connectivity index (χ1) is 10.7. The van der Waals surface area contributed by atoms with Crippen LogP contribution in [0.25, 0.3) is 0 Å². The van der Waals surface area contributed by atoms with Crippen LogP contribution in [0.3, 0.4) is 0 Å². The van der Waals surface area contributed by atoms with Crippen LogP contribution in [0.4, 0.5) is 11.5 Å². The monoisotopic (exact) mass is 316 g/mol. The third kappa shape index (κ3) is 3.39. The van der Waals surface area contributed by atoms with Gasteiger partial charge in [0.05, 0.1) is 19.3 Å². The number of nitrogens with zero attached hydrogens (tertiary/aromatic N) is 1. The van der Waals surface area contributed by atoms with Crippen molar-refractivity contribution in [3.63, 3.8) is 0 Å². The van der Waals surface area contributed by atoms with Crippen molar-refractivity contribution in [1.29, 1.82) is 0 Å². The zero-order valence-electron chi connectivity index (χ0n) is 12.3. The molecular weight excluding hydrogens is 298 g/mol. The number of halogens is 1. The van der Waals surface area contributed by atoms with Crippen LogP contribution in [0.1, 0.15) is 29.6 Å². The minimum absolute atomic E-state index is 0.111. The fourth-order valence-corrected chi connectivity index (χ4v) is 2.85. The summed E-state index contributed by atoms with van der Waals surface area (Å²) in [5, 5.41) is 3.57. The van der Waals surface area contributed by atoms with Gasteiger partial charge < -0.3 is 5.32 Å². The van der Waals surface area contributed by atoms with Gasteiger partial charge in [0.2, 0.25) is 0 Å². The maximum Gasteiger partial charge on any atom is 0.287 e. The Labute approximate surface area is 135 Å². The van der Waals surface area contributed by atoms with Crippen molar-refractivity contribution in [2.45, 2.75) is 19.3 Å². The molecule has 0 atom stereocenters. The summed E-state index contributed by atoms with van der Waals surface area (Å²) >= 11 is 5.87. The first-order valence-corrected chi connectivity index (χ1v) is 7.94. The molecule has 1 aliphatic heterocycles. The molecule has 1 saturated heterocycles. The van der Waals surface area contributed by atoms with E-state index in [1.165, 1.54) is 19.3 Å². The summed E-state index contributed by atoms with van der Waals surface area (Å²) in [6.45, 7) is 1.98. The number of hydrogen-bond donors (Lipinski definition) is 1. The van der Waals surface area contributed by atoms with Gasteiger partial charge in [0.15, 0.2) is 0 Å². The Kier molecular flexibility index (Phi) is 4.59. The first-order valence-electron chi connectivity index (χ1n) is 7.56. The summed E-state index contributed by atoms with van der Waals surface area (Å²) < 4.78 is 0. The van der Waals surface area contributed by atoms with E-state index in [9.17, 15) is 4.79 Å². The van der Waals surface area contributed by atoms with E-state index in [0.29, 0.717) is 10.6 Å². The van der Waals surface area contributed by atoms with E-state index in [0.717, 1.165) is 24.6 Å². The van der Waals surface area contributed by atoms with Crippen LogP contribution in [-0.2, 0) is 0 Å². The molecule has 0 unspecified atom stereocenters. The lowest BCUT2D eigenvalue weighted by Gasteiger charge is -2.22. The van der Waals surface area contributed by atoms with Gasteiger partial charge in [-0.2, -0.15) is 0 Å². The van der Waals surface area contributed by atoms with E-state index in [1.807, 2.05) is 18.3 Å². The van der Waals surface area contributed by atoms with E-state index in [-0.39, 0.29) is 5.91 Å². The second-order valence-corrected chi connectivity index (χ2v) is 5.88. The van der Waals surface area contributed by atoms with Gasteiger partial charge in [0, 0.05) is 10.7 Å². The SMILES string of the molecule is O=C(Nc1ccc(Cl)cc1)c1ccc[nH+]c1N1CCCCC1. The van der Waals surface area contributed by atoms with Crippen molar-refractivity contribution in [3.8, 4) is 0 Å². The summed E-state index contributed by atoms with van der Waals surface area (Å²) in [4.78, 5) is 18.0. The van der Waals surface area contributed by atoms with Gasteiger partial charge in [0.25, 0.3) is 11.7 Å². The first kappa shape index (κ1) is 14.9. The zero-order chi connectivity index (χ0) is 15.4. The molecule has 3 rings (SSSR count). The standard InChI is InChI=1S/C17H18ClN3O/c18-13-6-8-14(9-7-13)20-17(22)15-5-4-10-19-16(15)21-11-2-1-3-12-21/h4-10H,1-3,11-12H2,(H,20,22)/p+1. The van der Waals surface area contributed by atoms with Crippen molar-refractivity contribution >= 4 is 29.0 Å². The number of amides is 1. The maximum atomic E-state index is 12.6. The molecule has 0 bridgehead atoms. The van der Waals surface area contributed by atoms with Crippen molar-refractivity contribution in [2.75, 3.05) is 23.3 Å². The van der Waals surface area contributed by atoms with Gasteiger partial charge >= 0.3 is 0 Å². The Morgan fingerprint density at radius 3 is 2.55 bits per heavy atom. The number of aromatic amines is 1. The third-order valence-corrected chi connectivity index (χ3v) is 4.11. The summed E-state index contributed by atoms with van der Waals surface area (Å²) in [6.07, 6.45) is 5.46. The summed E-state index contributed by atoms with van der Waals surface area (Å²) in [7, 11) is 0. The second-order valence-electron chi connectivity index (χ2n) is 5.44. The summed E-state index contributed by atoms with van der Waals surface area (Å²) in [5.41, 5.74) is 1.40. The molecule has 0 aliphatic carbocycles. The van der Waals surface area contributed by atoms with E-state index < -0.39 is 0 Å². The fraction of sp³-hybridized carbons (Fsp3) is 0.294. The van der Waals surface area contributed by atoms with Crippen molar-refractivity contribution in [3.05, 3.63) is 53.2 Å². The number of H-pyrrole nitrogens is 1. The Morgan fingerprint density at radius 2 is 1.82 bits per heavy atom. The Balaban J connectivity index is 1.81. The quantitative estimate of drug-likeness (QED) is 0.943.